The molecule has 0 bridgehead atoms. The number of hydrogen-bond donors (Lipinski definition) is 1. The van der Waals surface area contributed by atoms with Gasteiger partial charge < -0.3 is 4.90 Å². The van der Waals surface area contributed by atoms with Crippen LogP contribution < -0.4 is 0 Å². The summed E-state index contributed by atoms with van der Waals surface area (Å²) in [7, 11) is 0. The average molecular weight is 508 g/mol. The second-order valence-corrected chi connectivity index (χ2v) is 9.74. The molecule has 9 heteroatoms. The fourth-order valence-electron chi connectivity index (χ4n) is 5.09. The summed E-state index contributed by atoms with van der Waals surface area (Å²) in [6.45, 7) is 0.678. The van der Waals surface area contributed by atoms with Crippen molar-refractivity contribution in [1.82, 2.24) is 15.1 Å². The van der Waals surface area contributed by atoms with Crippen LogP contribution in [0.25, 0.3) is 11.1 Å². The van der Waals surface area contributed by atoms with Gasteiger partial charge in [-0.1, -0.05) is 35.3 Å². The number of aryl methyl sites for hydroxylation is 1. The number of alkyl halides is 3. The molecule has 2 unspecified atom stereocenters. The molecule has 1 fully saturated rings. The maximum absolute atomic E-state index is 13.3. The lowest BCUT2D eigenvalue weighted by Crippen LogP contribution is -2.34. The number of aromatic amines is 1. The summed E-state index contributed by atoms with van der Waals surface area (Å²) in [6, 6.07) is 8.31. The average Bonchev–Trinajstić information content (AvgIpc) is 3.42. The van der Waals surface area contributed by atoms with E-state index in [4.69, 9.17) is 23.2 Å². The lowest BCUT2D eigenvalue weighted by atomic mass is 9.91. The second kappa shape index (κ2) is 8.93. The zero-order chi connectivity index (χ0) is 24.0. The standard InChI is InChI=1S/C25H22Cl2F3N3O/c26-20-11-16(14-4-6-17(7-5-14)25(28,29)30)12-21(27)18(20)10-15-8-9-33(24(15)34)23-3-1-2-22-19(23)13-31-32-22/h4-7,11-13,15,23H,1-3,8-10H2,(H,31,32). The van der Waals surface area contributed by atoms with Gasteiger partial charge in [-0.3, -0.25) is 9.89 Å². The minimum absolute atomic E-state index is 0.0491. The van der Waals surface area contributed by atoms with Gasteiger partial charge >= 0.3 is 6.18 Å². The Hall–Kier alpha value is -2.51. The molecule has 0 saturated carbocycles. The molecular weight excluding hydrogens is 486 g/mol. The Morgan fingerprint density at radius 2 is 1.76 bits per heavy atom. The monoisotopic (exact) mass is 507 g/mol. The van der Waals surface area contributed by atoms with E-state index in [9.17, 15) is 18.0 Å². The fourth-order valence-corrected chi connectivity index (χ4v) is 5.73. The van der Waals surface area contributed by atoms with Crippen molar-refractivity contribution in [3.8, 4) is 11.1 Å². The first kappa shape index (κ1) is 23.2. The molecule has 34 heavy (non-hydrogen) atoms. The summed E-state index contributed by atoms with van der Waals surface area (Å²) in [4.78, 5) is 15.2. The van der Waals surface area contributed by atoms with Gasteiger partial charge in [-0.15, -0.1) is 0 Å². The molecule has 1 aliphatic heterocycles. The van der Waals surface area contributed by atoms with Crippen LogP contribution in [0.2, 0.25) is 10.0 Å². The van der Waals surface area contributed by atoms with Crippen molar-refractivity contribution in [2.24, 2.45) is 5.92 Å². The van der Waals surface area contributed by atoms with Crippen LogP contribution in [0.15, 0.2) is 42.6 Å². The van der Waals surface area contributed by atoms with Crippen LogP contribution in [0.4, 0.5) is 13.2 Å². The third-order valence-electron chi connectivity index (χ3n) is 6.88. The van der Waals surface area contributed by atoms with Gasteiger partial charge in [-0.25, -0.2) is 0 Å². The first-order valence-corrected chi connectivity index (χ1v) is 12.0. The molecule has 178 valence electrons. The van der Waals surface area contributed by atoms with E-state index >= 15 is 0 Å². The smallest absolute Gasteiger partial charge is 0.335 e. The number of H-pyrrole nitrogens is 1. The van der Waals surface area contributed by atoms with Gasteiger partial charge in [0.15, 0.2) is 0 Å². The highest BCUT2D eigenvalue weighted by Crippen LogP contribution is 2.40. The Balaban J connectivity index is 1.33. The number of fused-ring (bicyclic) bond motifs is 1. The Kier molecular flexibility index (Phi) is 6.10. The molecule has 3 aromatic rings. The van der Waals surface area contributed by atoms with Crippen LogP contribution >= 0.6 is 23.2 Å². The molecule has 1 amide bonds. The molecule has 0 radical (unpaired) electrons. The normalized spacial score (nSPS) is 20.6. The molecular formula is C25H22Cl2F3N3O. The van der Waals surface area contributed by atoms with Gasteiger partial charge in [0.2, 0.25) is 5.91 Å². The van der Waals surface area contributed by atoms with Crippen LogP contribution in [-0.2, 0) is 23.8 Å². The van der Waals surface area contributed by atoms with E-state index in [0.29, 0.717) is 39.7 Å². The Bertz CT molecular complexity index is 1200. The highest BCUT2D eigenvalue weighted by molar-refractivity contribution is 6.36. The lowest BCUT2D eigenvalue weighted by molar-refractivity contribution is -0.137. The lowest BCUT2D eigenvalue weighted by Gasteiger charge is -2.31. The predicted octanol–water partition coefficient (Wildman–Crippen LogP) is 6.87. The zero-order valence-corrected chi connectivity index (χ0v) is 19.6. The van der Waals surface area contributed by atoms with E-state index in [1.807, 2.05) is 11.1 Å². The molecule has 2 heterocycles. The molecule has 1 aromatic heterocycles. The van der Waals surface area contributed by atoms with Crippen molar-refractivity contribution in [1.29, 1.82) is 0 Å². The number of nitrogens with zero attached hydrogens (tertiary/aromatic N) is 2. The fraction of sp³-hybridized carbons (Fsp3) is 0.360. The van der Waals surface area contributed by atoms with Crippen molar-refractivity contribution in [3.05, 3.63) is 75.0 Å². The van der Waals surface area contributed by atoms with E-state index in [0.717, 1.165) is 49.1 Å². The molecule has 5 rings (SSSR count). The molecule has 2 aromatic carbocycles. The molecule has 2 aliphatic rings. The Labute approximate surface area is 205 Å². The summed E-state index contributed by atoms with van der Waals surface area (Å²) in [6.07, 6.45) is 1.46. The highest BCUT2D eigenvalue weighted by atomic mass is 35.5. The maximum atomic E-state index is 13.3. The minimum Gasteiger partial charge on any atom is -0.335 e. The van der Waals surface area contributed by atoms with Crippen molar-refractivity contribution in [2.45, 2.75) is 44.3 Å². The van der Waals surface area contributed by atoms with Gasteiger partial charge in [0.25, 0.3) is 0 Å². The number of rotatable bonds is 4. The largest absolute Gasteiger partial charge is 0.416 e. The van der Waals surface area contributed by atoms with E-state index in [1.54, 1.807) is 12.1 Å². The van der Waals surface area contributed by atoms with Gasteiger partial charge in [0.1, 0.15) is 0 Å². The van der Waals surface area contributed by atoms with Gasteiger partial charge in [0.05, 0.1) is 17.8 Å². The summed E-state index contributed by atoms with van der Waals surface area (Å²) in [5.74, 6) is -0.123. The topological polar surface area (TPSA) is 49.0 Å². The number of carbonyl (C=O) groups excluding carboxylic acids is 1. The minimum atomic E-state index is -4.39. The molecule has 1 aliphatic carbocycles. The molecule has 1 saturated heterocycles. The molecule has 2 atom stereocenters. The second-order valence-electron chi connectivity index (χ2n) is 8.93. The quantitative estimate of drug-likeness (QED) is 0.418. The van der Waals surface area contributed by atoms with Crippen LogP contribution in [0.3, 0.4) is 0 Å². The predicted molar refractivity (Wildman–Crippen MR) is 125 cm³/mol. The van der Waals surface area contributed by atoms with Crippen molar-refractivity contribution in [2.75, 3.05) is 6.54 Å². The summed E-state index contributed by atoms with van der Waals surface area (Å²) < 4.78 is 38.6. The third-order valence-corrected chi connectivity index (χ3v) is 7.55. The van der Waals surface area contributed by atoms with Crippen molar-refractivity contribution < 1.29 is 18.0 Å². The van der Waals surface area contributed by atoms with Crippen LogP contribution in [-0.4, -0.2) is 27.5 Å². The highest BCUT2D eigenvalue weighted by Gasteiger charge is 2.39. The van der Waals surface area contributed by atoms with E-state index in [2.05, 4.69) is 10.2 Å². The molecule has 1 N–H and O–H groups in total. The first-order valence-electron chi connectivity index (χ1n) is 11.2. The van der Waals surface area contributed by atoms with E-state index < -0.39 is 11.7 Å². The number of amides is 1. The van der Waals surface area contributed by atoms with Gasteiger partial charge in [0, 0.05) is 33.8 Å². The SMILES string of the molecule is O=C1C(Cc2c(Cl)cc(-c3ccc(C(F)(F)F)cc3)cc2Cl)CCN1C1CCCc2[nH]ncc21. The van der Waals surface area contributed by atoms with Crippen molar-refractivity contribution >= 4 is 29.1 Å². The van der Waals surface area contributed by atoms with Gasteiger partial charge in [-0.05, 0) is 73.1 Å². The maximum Gasteiger partial charge on any atom is 0.416 e. The van der Waals surface area contributed by atoms with E-state index in [-0.39, 0.29) is 17.9 Å². The number of likely N-dealkylation sites (tertiary alicyclic amines) is 1. The number of carbonyl (C=O) groups is 1. The van der Waals surface area contributed by atoms with E-state index in [1.165, 1.54) is 12.1 Å². The van der Waals surface area contributed by atoms with Crippen molar-refractivity contribution in [3.63, 3.8) is 0 Å². The summed E-state index contributed by atoms with van der Waals surface area (Å²) in [5.41, 5.74) is 3.40. The summed E-state index contributed by atoms with van der Waals surface area (Å²) in [5, 5.41) is 8.01. The number of aromatic nitrogens is 2. The van der Waals surface area contributed by atoms with Crippen LogP contribution in [0, 0.1) is 5.92 Å². The van der Waals surface area contributed by atoms with Crippen LogP contribution in [0.1, 0.15) is 47.7 Å². The Morgan fingerprint density at radius 3 is 2.44 bits per heavy atom. The third kappa shape index (κ3) is 4.31. The number of benzene rings is 2. The number of halogens is 5. The summed E-state index contributed by atoms with van der Waals surface area (Å²) >= 11 is 13.1. The zero-order valence-electron chi connectivity index (χ0n) is 18.1. The molecule has 4 nitrogen and oxygen atoms in total. The number of nitrogens with one attached hydrogen (secondary N) is 1. The van der Waals surface area contributed by atoms with Gasteiger partial charge in [-0.2, -0.15) is 18.3 Å². The van der Waals surface area contributed by atoms with Crippen LogP contribution in [0.5, 0.6) is 0 Å². The first-order chi connectivity index (χ1) is 16.2. The Morgan fingerprint density at radius 1 is 1.06 bits per heavy atom. The number of hydrogen-bond acceptors (Lipinski definition) is 2. The molecule has 0 spiro atoms.